The number of methoxy groups -OCH3 is 1. The molecule has 0 saturated carbocycles. The van der Waals surface area contributed by atoms with Gasteiger partial charge in [0.25, 0.3) is 0 Å². The third-order valence-electron chi connectivity index (χ3n) is 2.41. The molecule has 1 aliphatic heterocycles. The van der Waals surface area contributed by atoms with E-state index < -0.39 is 0 Å². The quantitative estimate of drug-likeness (QED) is 0.828. The summed E-state index contributed by atoms with van der Waals surface area (Å²) in [5, 5.41) is 3.88. The second kappa shape index (κ2) is 4.96. The van der Waals surface area contributed by atoms with Gasteiger partial charge in [-0.2, -0.15) is 16.7 Å². The van der Waals surface area contributed by atoms with Crippen LogP contribution in [0.3, 0.4) is 0 Å². The topological polar surface area (TPSA) is 74.2 Å². The highest BCUT2D eigenvalue weighted by atomic mass is 32.2. The van der Waals surface area contributed by atoms with Crippen molar-refractivity contribution < 1.29 is 9.26 Å². The van der Waals surface area contributed by atoms with Crippen LogP contribution in [0.5, 0.6) is 0 Å². The number of hydrogen-bond acceptors (Lipinski definition) is 6. The molecular formula is C9H15N3O2S. The summed E-state index contributed by atoms with van der Waals surface area (Å²) in [5.74, 6) is 3.92. The summed E-state index contributed by atoms with van der Waals surface area (Å²) in [5.41, 5.74) is 5.80. The lowest BCUT2D eigenvalue weighted by Crippen LogP contribution is -2.17. The Labute approximate surface area is 92.7 Å². The highest BCUT2D eigenvalue weighted by Crippen LogP contribution is 2.31. The van der Waals surface area contributed by atoms with Gasteiger partial charge in [-0.15, -0.1) is 0 Å². The van der Waals surface area contributed by atoms with Crippen LogP contribution in [0.15, 0.2) is 4.52 Å². The minimum atomic E-state index is -0.290. The molecule has 5 nitrogen and oxygen atoms in total. The van der Waals surface area contributed by atoms with Crippen molar-refractivity contribution >= 4 is 11.8 Å². The van der Waals surface area contributed by atoms with E-state index in [-0.39, 0.29) is 6.04 Å². The van der Waals surface area contributed by atoms with E-state index in [9.17, 15) is 0 Å². The molecule has 2 rings (SSSR count). The zero-order chi connectivity index (χ0) is 10.7. The molecule has 2 unspecified atom stereocenters. The first kappa shape index (κ1) is 10.9. The van der Waals surface area contributed by atoms with Crippen LogP contribution in [0, 0.1) is 0 Å². The van der Waals surface area contributed by atoms with Crippen molar-refractivity contribution in [1.82, 2.24) is 10.1 Å². The number of hydrogen-bond donors (Lipinski definition) is 1. The summed E-state index contributed by atoms with van der Waals surface area (Å²) < 4.78 is 10.1. The highest BCUT2D eigenvalue weighted by molar-refractivity contribution is 7.99. The summed E-state index contributed by atoms with van der Waals surface area (Å²) in [6, 6.07) is -0.290. The van der Waals surface area contributed by atoms with Crippen molar-refractivity contribution in [3.05, 3.63) is 11.7 Å². The van der Waals surface area contributed by atoms with Crippen molar-refractivity contribution in [3.8, 4) is 0 Å². The van der Waals surface area contributed by atoms with E-state index in [1.54, 1.807) is 7.11 Å². The predicted octanol–water partition coefficient (Wildman–Crippen LogP) is 0.936. The predicted molar refractivity (Wildman–Crippen MR) is 57.8 cm³/mol. The number of thioether (sulfide) groups is 1. The van der Waals surface area contributed by atoms with E-state index in [1.807, 2.05) is 11.8 Å². The Balaban J connectivity index is 2.02. The van der Waals surface area contributed by atoms with Crippen LogP contribution in [0.2, 0.25) is 0 Å². The van der Waals surface area contributed by atoms with E-state index in [2.05, 4.69) is 10.1 Å². The number of ether oxygens (including phenoxy) is 1. The minimum absolute atomic E-state index is 0.290. The second-order valence-electron chi connectivity index (χ2n) is 3.61. The molecule has 0 aromatic carbocycles. The molecule has 1 aliphatic rings. The SMILES string of the molecule is COCC(N)c1noc(C2CCSC2)n1. The van der Waals surface area contributed by atoms with Crippen molar-refractivity contribution in [2.75, 3.05) is 25.2 Å². The Hall–Kier alpha value is -0.590. The van der Waals surface area contributed by atoms with Crippen molar-refractivity contribution in [2.45, 2.75) is 18.4 Å². The first-order valence-electron chi connectivity index (χ1n) is 4.97. The molecule has 0 spiro atoms. The summed E-state index contributed by atoms with van der Waals surface area (Å²) in [4.78, 5) is 4.31. The van der Waals surface area contributed by atoms with Gasteiger partial charge in [0, 0.05) is 18.8 Å². The zero-order valence-corrected chi connectivity index (χ0v) is 9.50. The van der Waals surface area contributed by atoms with Gasteiger partial charge in [0.05, 0.1) is 12.6 Å². The average molecular weight is 229 g/mol. The maximum absolute atomic E-state index is 5.80. The van der Waals surface area contributed by atoms with Crippen LogP contribution in [0.4, 0.5) is 0 Å². The minimum Gasteiger partial charge on any atom is -0.383 e. The molecule has 1 aromatic heterocycles. The Bertz CT molecular complexity index is 312. The number of nitrogens with zero attached hydrogens (tertiary/aromatic N) is 2. The van der Waals surface area contributed by atoms with Gasteiger partial charge in [-0.25, -0.2) is 0 Å². The molecule has 0 amide bonds. The molecule has 15 heavy (non-hydrogen) atoms. The largest absolute Gasteiger partial charge is 0.383 e. The molecule has 0 radical (unpaired) electrons. The van der Waals surface area contributed by atoms with Gasteiger partial charge in [0.15, 0.2) is 5.82 Å². The van der Waals surface area contributed by atoms with E-state index in [0.717, 1.165) is 18.1 Å². The van der Waals surface area contributed by atoms with Crippen molar-refractivity contribution in [1.29, 1.82) is 0 Å². The van der Waals surface area contributed by atoms with Crippen LogP contribution >= 0.6 is 11.8 Å². The Kier molecular flexibility index (Phi) is 3.61. The van der Waals surface area contributed by atoms with E-state index in [1.165, 1.54) is 5.75 Å². The molecular weight excluding hydrogens is 214 g/mol. The first-order valence-corrected chi connectivity index (χ1v) is 6.12. The van der Waals surface area contributed by atoms with Crippen LogP contribution in [0.25, 0.3) is 0 Å². The molecule has 2 heterocycles. The molecule has 84 valence electrons. The maximum atomic E-state index is 5.80. The van der Waals surface area contributed by atoms with Gasteiger partial charge in [0.1, 0.15) is 0 Å². The normalized spacial score (nSPS) is 23.2. The molecule has 6 heteroatoms. The van der Waals surface area contributed by atoms with Crippen LogP contribution in [-0.4, -0.2) is 35.4 Å². The maximum Gasteiger partial charge on any atom is 0.230 e. The molecule has 1 saturated heterocycles. The van der Waals surface area contributed by atoms with Crippen LogP contribution < -0.4 is 5.73 Å². The lowest BCUT2D eigenvalue weighted by molar-refractivity contribution is 0.177. The fraction of sp³-hybridized carbons (Fsp3) is 0.778. The van der Waals surface area contributed by atoms with Crippen LogP contribution in [0.1, 0.15) is 30.1 Å². The van der Waals surface area contributed by atoms with E-state index in [0.29, 0.717) is 18.3 Å². The Morgan fingerprint density at radius 3 is 3.27 bits per heavy atom. The third-order valence-corrected chi connectivity index (χ3v) is 3.58. The second-order valence-corrected chi connectivity index (χ2v) is 4.76. The average Bonchev–Trinajstić information content (AvgIpc) is 2.89. The molecule has 2 atom stereocenters. The van der Waals surface area contributed by atoms with E-state index >= 15 is 0 Å². The summed E-state index contributed by atoms with van der Waals surface area (Å²) in [6.07, 6.45) is 1.12. The molecule has 2 N–H and O–H groups in total. The van der Waals surface area contributed by atoms with Gasteiger partial charge >= 0.3 is 0 Å². The lowest BCUT2D eigenvalue weighted by Gasteiger charge is -2.03. The Morgan fingerprint density at radius 2 is 2.60 bits per heavy atom. The van der Waals surface area contributed by atoms with Gasteiger partial charge in [-0.1, -0.05) is 5.16 Å². The molecule has 0 bridgehead atoms. The van der Waals surface area contributed by atoms with Crippen LogP contribution in [-0.2, 0) is 4.74 Å². The molecule has 1 aromatic rings. The van der Waals surface area contributed by atoms with Gasteiger partial charge in [-0.05, 0) is 12.2 Å². The van der Waals surface area contributed by atoms with Crippen molar-refractivity contribution in [3.63, 3.8) is 0 Å². The van der Waals surface area contributed by atoms with Crippen molar-refractivity contribution in [2.24, 2.45) is 5.73 Å². The summed E-state index contributed by atoms with van der Waals surface area (Å²) in [6.45, 7) is 0.415. The fourth-order valence-electron chi connectivity index (χ4n) is 1.55. The Morgan fingerprint density at radius 1 is 1.73 bits per heavy atom. The third kappa shape index (κ3) is 2.50. The van der Waals surface area contributed by atoms with Gasteiger partial charge < -0.3 is 15.0 Å². The van der Waals surface area contributed by atoms with Gasteiger partial charge in [-0.3, -0.25) is 0 Å². The molecule has 0 aliphatic carbocycles. The summed E-state index contributed by atoms with van der Waals surface area (Å²) in [7, 11) is 1.61. The standard InChI is InChI=1S/C9H15N3O2S/c1-13-4-7(10)8-11-9(14-12-8)6-2-3-15-5-6/h6-7H,2-5,10H2,1H3. The number of aromatic nitrogens is 2. The fourth-order valence-corrected chi connectivity index (χ4v) is 2.76. The zero-order valence-electron chi connectivity index (χ0n) is 8.68. The smallest absolute Gasteiger partial charge is 0.230 e. The summed E-state index contributed by atoms with van der Waals surface area (Å²) >= 11 is 1.92. The number of nitrogens with two attached hydrogens (primary N) is 1. The lowest BCUT2D eigenvalue weighted by atomic mass is 10.1. The van der Waals surface area contributed by atoms with Gasteiger partial charge in [0.2, 0.25) is 5.89 Å². The number of rotatable bonds is 4. The molecule has 1 fully saturated rings. The van der Waals surface area contributed by atoms with E-state index in [4.69, 9.17) is 15.0 Å². The highest BCUT2D eigenvalue weighted by Gasteiger charge is 2.24. The first-order chi connectivity index (χ1) is 7.31. The monoisotopic (exact) mass is 229 g/mol.